The van der Waals surface area contributed by atoms with Gasteiger partial charge in [-0.25, -0.2) is 4.68 Å². The summed E-state index contributed by atoms with van der Waals surface area (Å²) >= 11 is 0. The molecule has 0 aliphatic rings. The van der Waals surface area contributed by atoms with E-state index < -0.39 is 0 Å². The van der Waals surface area contributed by atoms with Crippen molar-refractivity contribution < 1.29 is 0 Å². The molecule has 0 spiro atoms. The zero-order valence-corrected chi connectivity index (χ0v) is 11.1. The Labute approximate surface area is 112 Å². The molecule has 96 valence electrons. The third-order valence-corrected chi connectivity index (χ3v) is 3.29. The molecule has 1 heterocycles. The van der Waals surface area contributed by atoms with Crippen molar-refractivity contribution in [2.75, 3.05) is 11.9 Å². The minimum Gasteiger partial charge on any atom is -0.355 e. The molecule has 0 saturated heterocycles. The number of para-hydroxylation sites is 2. The predicted molar refractivity (Wildman–Crippen MR) is 77.1 cm³/mol. The van der Waals surface area contributed by atoms with Crippen LogP contribution in [0, 0.1) is 6.92 Å². The molecule has 3 rings (SSSR count). The number of hydrogen-bond acceptors (Lipinski definition) is 3. The Morgan fingerprint density at radius 3 is 2.63 bits per heavy atom. The zero-order valence-electron chi connectivity index (χ0n) is 11.1. The number of aryl methyl sites for hydroxylation is 1. The van der Waals surface area contributed by atoms with Gasteiger partial charge in [-0.05, 0) is 30.7 Å². The van der Waals surface area contributed by atoms with Gasteiger partial charge in [0.25, 0.3) is 0 Å². The van der Waals surface area contributed by atoms with Crippen LogP contribution in [-0.4, -0.2) is 22.0 Å². The maximum Gasteiger partial charge on any atom is 0.114 e. The molecule has 0 N–H and O–H groups in total. The summed E-state index contributed by atoms with van der Waals surface area (Å²) in [6, 6.07) is 16.4. The third-order valence-electron chi connectivity index (χ3n) is 3.29. The van der Waals surface area contributed by atoms with E-state index in [2.05, 4.69) is 53.4 Å². The smallest absolute Gasteiger partial charge is 0.114 e. The number of fused-ring (bicyclic) bond motifs is 1. The van der Waals surface area contributed by atoms with E-state index in [1.165, 1.54) is 11.3 Å². The molecule has 3 aromatic rings. The maximum atomic E-state index is 4.22. The predicted octanol–water partition coefficient (Wildman–Crippen LogP) is 2.83. The fraction of sp³-hybridized carbons (Fsp3) is 0.200. The second-order valence-electron chi connectivity index (χ2n) is 4.70. The van der Waals surface area contributed by atoms with E-state index in [1.807, 2.05) is 28.9 Å². The summed E-state index contributed by atoms with van der Waals surface area (Å²) in [5, 5.41) is 8.39. The molecule has 2 aromatic carbocycles. The van der Waals surface area contributed by atoms with Crippen LogP contribution in [0.15, 0.2) is 48.5 Å². The molecule has 0 bridgehead atoms. The Morgan fingerprint density at radius 2 is 1.79 bits per heavy atom. The fourth-order valence-corrected chi connectivity index (χ4v) is 2.29. The number of rotatable bonds is 3. The Hall–Kier alpha value is -2.36. The van der Waals surface area contributed by atoms with Gasteiger partial charge in [0, 0.05) is 12.7 Å². The monoisotopic (exact) mass is 252 g/mol. The molecule has 1 aromatic heterocycles. The highest BCUT2D eigenvalue weighted by molar-refractivity contribution is 5.73. The second-order valence-corrected chi connectivity index (χ2v) is 4.70. The molecule has 0 radical (unpaired) electrons. The van der Waals surface area contributed by atoms with Crippen LogP contribution in [0.2, 0.25) is 0 Å². The lowest BCUT2D eigenvalue weighted by Gasteiger charge is -2.21. The molecule has 0 amide bonds. The first-order chi connectivity index (χ1) is 9.25. The van der Waals surface area contributed by atoms with Crippen LogP contribution in [0.4, 0.5) is 5.69 Å². The summed E-state index contributed by atoms with van der Waals surface area (Å²) in [5.41, 5.74) is 4.46. The number of hydrogen-bond donors (Lipinski definition) is 0. The van der Waals surface area contributed by atoms with Crippen molar-refractivity contribution in [1.82, 2.24) is 15.0 Å². The Balaban J connectivity index is 1.91. The van der Waals surface area contributed by atoms with E-state index in [9.17, 15) is 0 Å². The molecule has 19 heavy (non-hydrogen) atoms. The third kappa shape index (κ3) is 2.17. The van der Waals surface area contributed by atoms with E-state index in [-0.39, 0.29) is 0 Å². The average molecular weight is 252 g/mol. The Kier molecular flexibility index (Phi) is 2.91. The van der Waals surface area contributed by atoms with Gasteiger partial charge in [0.1, 0.15) is 12.2 Å². The number of nitrogens with zero attached hydrogens (tertiary/aromatic N) is 4. The standard InChI is InChI=1S/C15H16N4/c1-12-7-3-5-9-14(12)18(2)11-19-15-10-6-4-8-13(15)16-17-19/h3-10H,11H2,1-2H3. The summed E-state index contributed by atoms with van der Waals surface area (Å²) in [4.78, 5) is 2.18. The second kappa shape index (κ2) is 4.72. The highest BCUT2D eigenvalue weighted by Crippen LogP contribution is 2.19. The van der Waals surface area contributed by atoms with Crippen molar-refractivity contribution >= 4 is 16.7 Å². The van der Waals surface area contributed by atoms with Gasteiger partial charge in [-0.3, -0.25) is 0 Å². The summed E-state index contributed by atoms with van der Waals surface area (Å²) in [7, 11) is 2.07. The van der Waals surface area contributed by atoms with E-state index in [0.29, 0.717) is 6.67 Å². The van der Waals surface area contributed by atoms with Crippen molar-refractivity contribution in [2.45, 2.75) is 13.6 Å². The quantitative estimate of drug-likeness (QED) is 0.718. The molecule has 0 unspecified atom stereocenters. The van der Waals surface area contributed by atoms with Crippen LogP contribution in [0.3, 0.4) is 0 Å². The van der Waals surface area contributed by atoms with Crippen molar-refractivity contribution in [3.63, 3.8) is 0 Å². The van der Waals surface area contributed by atoms with Gasteiger partial charge >= 0.3 is 0 Å². The first-order valence-corrected chi connectivity index (χ1v) is 6.31. The lowest BCUT2D eigenvalue weighted by molar-refractivity contribution is 0.599. The van der Waals surface area contributed by atoms with Gasteiger partial charge in [-0.1, -0.05) is 35.5 Å². The van der Waals surface area contributed by atoms with E-state index in [1.54, 1.807) is 0 Å². The zero-order chi connectivity index (χ0) is 13.2. The molecule has 0 fully saturated rings. The van der Waals surface area contributed by atoms with Gasteiger partial charge in [0.2, 0.25) is 0 Å². The van der Waals surface area contributed by atoms with E-state index in [4.69, 9.17) is 0 Å². The van der Waals surface area contributed by atoms with Crippen molar-refractivity contribution in [3.8, 4) is 0 Å². The summed E-state index contributed by atoms with van der Waals surface area (Å²) in [6.45, 7) is 2.80. The number of benzene rings is 2. The number of aromatic nitrogens is 3. The average Bonchev–Trinajstić information content (AvgIpc) is 2.83. The topological polar surface area (TPSA) is 34.0 Å². The van der Waals surface area contributed by atoms with Crippen molar-refractivity contribution in [3.05, 3.63) is 54.1 Å². The Bertz CT molecular complexity index is 702. The van der Waals surface area contributed by atoms with Gasteiger partial charge in [0.05, 0.1) is 5.52 Å². The van der Waals surface area contributed by atoms with Gasteiger partial charge in [-0.15, -0.1) is 5.10 Å². The Morgan fingerprint density at radius 1 is 1.05 bits per heavy atom. The largest absolute Gasteiger partial charge is 0.355 e. The van der Waals surface area contributed by atoms with Crippen LogP contribution in [-0.2, 0) is 6.67 Å². The normalized spacial score (nSPS) is 10.8. The molecule has 0 aliphatic heterocycles. The minimum atomic E-state index is 0.686. The van der Waals surface area contributed by atoms with Crippen molar-refractivity contribution in [1.29, 1.82) is 0 Å². The van der Waals surface area contributed by atoms with Crippen LogP contribution >= 0.6 is 0 Å². The van der Waals surface area contributed by atoms with E-state index in [0.717, 1.165) is 11.0 Å². The molecule has 0 atom stereocenters. The van der Waals surface area contributed by atoms with E-state index >= 15 is 0 Å². The van der Waals surface area contributed by atoms with Crippen LogP contribution in [0.1, 0.15) is 5.56 Å². The first kappa shape index (κ1) is 11.7. The molecule has 0 saturated carbocycles. The lowest BCUT2D eigenvalue weighted by atomic mass is 10.2. The van der Waals surface area contributed by atoms with Gasteiger partial charge in [-0.2, -0.15) is 0 Å². The molecule has 4 nitrogen and oxygen atoms in total. The lowest BCUT2D eigenvalue weighted by Crippen LogP contribution is -2.22. The van der Waals surface area contributed by atoms with Crippen LogP contribution in [0.5, 0.6) is 0 Å². The maximum absolute atomic E-state index is 4.22. The van der Waals surface area contributed by atoms with Crippen LogP contribution in [0.25, 0.3) is 11.0 Å². The summed E-state index contributed by atoms with van der Waals surface area (Å²) in [6.07, 6.45) is 0. The molecule has 0 aliphatic carbocycles. The van der Waals surface area contributed by atoms with Gasteiger partial charge in [0.15, 0.2) is 0 Å². The molecular formula is C15H16N4. The van der Waals surface area contributed by atoms with Crippen molar-refractivity contribution in [2.24, 2.45) is 0 Å². The number of anilines is 1. The minimum absolute atomic E-state index is 0.686. The molecule has 4 heteroatoms. The van der Waals surface area contributed by atoms with Crippen LogP contribution < -0.4 is 4.90 Å². The highest BCUT2D eigenvalue weighted by Gasteiger charge is 2.08. The fourth-order valence-electron chi connectivity index (χ4n) is 2.29. The summed E-state index contributed by atoms with van der Waals surface area (Å²) in [5.74, 6) is 0. The highest BCUT2D eigenvalue weighted by atomic mass is 15.5. The SMILES string of the molecule is Cc1ccccc1N(C)Cn1nnc2ccccc21. The summed E-state index contributed by atoms with van der Waals surface area (Å²) < 4.78 is 1.92. The first-order valence-electron chi connectivity index (χ1n) is 6.31. The van der Waals surface area contributed by atoms with Gasteiger partial charge < -0.3 is 4.90 Å². The molecular weight excluding hydrogens is 236 g/mol.